The molecule has 5 nitrogen and oxygen atoms in total. The van der Waals surface area contributed by atoms with E-state index in [1.807, 2.05) is 0 Å². The first-order chi connectivity index (χ1) is 10.1. The summed E-state index contributed by atoms with van der Waals surface area (Å²) in [6.07, 6.45) is 3.22. The van der Waals surface area contributed by atoms with Crippen LogP contribution in [0.15, 0.2) is 36.7 Å². The average Bonchev–Trinajstić information content (AvgIpc) is 2.75. The van der Waals surface area contributed by atoms with E-state index in [1.165, 1.54) is 30.6 Å². The van der Waals surface area contributed by atoms with E-state index in [4.69, 9.17) is 0 Å². The number of carboxylic acids is 1. The third kappa shape index (κ3) is 2.35. The zero-order valence-corrected chi connectivity index (χ0v) is 11.2. The first-order valence-corrected chi connectivity index (χ1v) is 6.33. The highest BCUT2D eigenvalue weighted by Gasteiger charge is 2.15. The maximum absolute atomic E-state index is 13.4. The third-order valence-corrected chi connectivity index (χ3v) is 3.38. The molecule has 0 fully saturated rings. The van der Waals surface area contributed by atoms with E-state index >= 15 is 0 Å². The van der Waals surface area contributed by atoms with Crippen LogP contribution >= 0.6 is 0 Å². The number of hydrogen-bond donors (Lipinski definition) is 1. The highest BCUT2D eigenvalue weighted by atomic mass is 19.1. The van der Waals surface area contributed by atoms with Crippen LogP contribution in [0.25, 0.3) is 10.9 Å². The van der Waals surface area contributed by atoms with Gasteiger partial charge in [-0.3, -0.25) is 9.67 Å². The molecular formula is C15H12FN3O2. The van der Waals surface area contributed by atoms with Gasteiger partial charge in [-0.1, -0.05) is 0 Å². The highest BCUT2D eigenvalue weighted by molar-refractivity contribution is 5.89. The summed E-state index contributed by atoms with van der Waals surface area (Å²) in [4.78, 5) is 15.2. The van der Waals surface area contributed by atoms with Gasteiger partial charge in [-0.15, -0.1) is 0 Å². The summed E-state index contributed by atoms with van der Waals surface area (Å²) in [5.41, 5.74) is 2.16. The predicted molar refractivity (Wildman–Crippen MR) is 74.7 cm³/mol. The molecule has 1 N–H and O–H groups in total. The smallest absolute Gasteiger partial charge is 0.336 e. The standard InChI is InChI=1S/C15H12FN3O2/c1-19-14-3-2-10(16)7-12(14)13(18-19)6-9-8-17-5-4-11(9)15(20)21/h2-5,7-8H,6H2,1H3,(H,20,21). The quantitative estimate of drug-likeness (QED) is 0.802. The van der Waals surface area contributed by atoms with Crippen molar-refractivity contribution in [3.05, 3.63) is 59.3 Å². The van der Waals surface area contributed by atoms with Gasteiger partial charge in [-0.2, -0.15) is 5.10 Å². The lowest BCUT2D eigenvalue weighted by Crippen LogP contribution is -2.04. The number of carbonyl (C=O) groups is 1. The second-order valence-corrected chi connectivity index (χ2v) is 4.75. The van der Waals surface area contributed by atoms with Crippen LogP contribution in [0.5, 0.6) is 0 Å². The molecule has 0 aliphatic carbocycles. The minimum absolute atomic E-state index is 0.181. The highest BCUT2D eigenvalue weighted by Crippen LogP contribution is 2.22. The van der Waals surface area contributed by atoms with Gasteiger partial charge >= 0.3 is 5.97 Å². The molecule has 1 aromatic carbocycles. The summed E-state index contributed by atoms with van der Waals surface area (Å²) >= 11 is 0. The Hall–Kier alpha value is -2.76. The maximum atomic E-state index is 13.4. The topological polar surface area (TPSA) is 68.0 Å². The minimum Gasteiger partial charge on any atom is -0.478 e. The van der Waals surface area contributed by atoms with Gasteiger partial charge in [0.1, 0.15) is 5.82 Å². The van der Waals surface area contributed by atoms with Crippen molar-refractivity contribution in [3.63, 3.8) is 0 Å². The van der Waals surface area contributed by atoms with Crippen molar-refractivity contribution < 1.29 is 14.3 Å². The van der Waals surface area contributed by atoms with Crippen molar-refractivity contribution in [2.45, 2.75) is 6.42 Å². The number of fused-ring (bicyclic) bond motifs is 1. The number of halogens is 1. The average molecular weight is 285 g/mol. The van der Waals surface area contributed by atoms with Crippen molar-refractivity contribution in [1.29, 1.82) is 0 Å². The Morgan fingerprint density at radius 3 is 2.95 bits per heavy atom. The Morgan fingerprint density at radius 1 is 1.38 bits per heavy atom. The van der Waals surface area contributed by atoms with E-state index in [1.54, 1.807) is 17.8 Å². The number of aromatic carboxylic acids is 1. The van der Waals surface area contributed by atoms with Gasteiger partial charge in [0.25, 0.3) is 0 Å². The molecule has 0 aliphatic rings. The molecule has 0 aliphatic heterocycles. The molecule has 2 heterocycles. The molecule has 0 amide bonds. The number of rotatable bonds is 3. The van der Waals surface area contributed by atoms with Gasteiger partial charge in [0, 0.05) is 31.2 Å². The molecule has 0 radical (unpaired) electrons. The summed E-state index contributed by atoms with van der Waals surface area (Å²) in [5.74, 6) is -1.36. The van der Waals surface area contributed by atoms with Gasteiger partial charge < -0.3 is 5.11 Å². The molecule has 3 rings (SSSR count). The summed E-state index contributed by atoms with van der Waals surface area (Å²) < 4.78 is 15.1. The van der Waals surface area contributed by atoms with Crippen LogP contribution < -0.4 is 0 Å². The molecule has 106 valence electrons. The van der Waals surface area contributed by atoms with E-state index in [9.17, 15) is 14.3 Å². The van der Waals surface area contributed by atoms with Gasteiger partial charge in [-0.25, -0.2) is 9.18 Å². The first kappa shape index (κ1) is 13.2. The lowest BCUT2D eigenvalue weighted by molar-refractivity contribution is 0.0695. The number of nitrogens with zero attached hydrogens (tertiary/aromatic N) is 3. The number of hydrogen-bond acceptors (Lipinski definition) is 3. The molecule has 21 heavy (non-hydrogen) atoms. The first-order valence-electron chi connectivity index (χ1n) is 6.33. The van der Waals surface area contributed by atoms with Crippen LogP contribution in [0.1, 0.15) is 21.6 Å². The number of aromatic nitrogens is 3. The number of aryl methyl sites for hydroxylation is 1. The Morgan fingerprint density at radius 2 is 2.19 bits per heavy atom. The lowest BCUT2D eigenvalue weighted by atomic mass is 10.0. The third-order valence-electron chi connectivity index (χ3n) is 3.38. The molecule has 6 heteroatoms. The predicted octanol–water partition coefficient (Wildman–Crippen LogP) is 2.40. The molecule has 2 aromatic heterocycles. The molecule has 0 saturated heterocycles. The summed E-state index contributed by atoms with van der Waals surface area (Å²) in [7, 11) is 1.77. The molecular weight excluding hydrogens is 273 g/mol. The lowest BCUT2D eigenvalue weighted by Gasteiger charge is -2.03. The van der Waals surface area contributed by atoms with Gasteiger partial charge in [0.05, 0.1) is 16.8 Å². The minimum atomic E-state index is -1.01. The van der Waals surface area contributed by atoms with Crippen LogP contribution in [-0.4, -0.2) is 25.8 Å². The van der Waals surface area contributed by atoms with Crippen molar-refractivity contribution in [1.82, 2.24) is 14.8 Å². The molecule has 0 spiro atoms. The normalized spacial score (nSPS) is 11.0. The maximum Gasteiger partial charge on any atom is 0.336 e. The zero-order valence-electron chi connectivity index (χ0n) is 11.2. The monoisotopic (exact) mass is 285 g/mol. The van der Waals surface area contributed by atoms with Gasteiger partial charge in [0.15, 0.2) is 0 Å². The van der Waals surface area contributed by atoms with Gasteiger partial charge in [0.2, 0.25) is 0 Å². The zero-order chi connectivity index (χ0) is 15.0. The molecule has 0 atom stereocenters. The number of carboxylic acid groups (broad SMARTS) is 1. The SMILES string of the molecule is Cn1nc(Cc2cnccc2C(=O)O)c2cc(F)ccc21. The van der Waals surface area contributed by atoms with Crippen molar-refractivity contribution in [3.8, 4) is 0 Å². The van der Waals surface area contributed by atoms with Crippen LogP contribution in [0, 0.1) is 5.82 Å². The largest absolute Gasteiger partial charge is 0.478 e. The fraction of sp³-hybridized carbons (Fsp3) is 0.133. The molecule has 0 saturated carbocycles. The molecule has 0 bridgehead atoms. The van der Waals surface area contributed by atoms with Crippen molar-refractivity contribution in [2.24, 2.45) is 7.05 Å². The van der Waals surface area contributed by atoms with E-state index in [2.05, 4.69) is 10.1 Å². The Balaban J connectivity index is 2.11. The van der Waals surface area contributed by atoms with Gasteiger partial charge in [-0.05, 0) is 29.8 Å². The Bertz CT molecular complexity index is 842. The summed E-state index contributed by atoms with van der Waals surface area (Å²) in [5, 5.41) is 14.2. The van der Waals surface area contributed by atoms with Crippen LogP contribution in [-0.2, 0) is 13.5 Å². The van der Waals surface area contributed by atoms with Crippen LogP contribution in [0.4, 0.5) is 4.39 Å². The Labute approximate surface area is 119 Å². The summed E-state index contributed by atoms with van der Waals surface area (Å²) in [6, 6.07) is 5.89. The number of pyridine rings is 1. The number of benzene rings is 1. The van der Waals surface area contributed by atoms with Crippen molar-refractivity contribution in [2.75, 3.05) is 0 Å². The summed E-state index contributed by atoms with van der Waals surface area (Å²) in [6.45, 7) is 0. The molecule has 0 unspecified atom stereocenters. The van der Waals surface area contributed by atoms with E-state index in [0.717, 1.165) is 5.52 Å². The second kappa shape index (κ2) is 4.97. The van der Waals surface area contributed by atoms with E-state index in [-0.39, 0.29) is 17.8 Å². The van der Waals surface area contributed by atoms with E-state index in [0.29, 0.717) is 16.6 Å². The van der Waals surface area contributed by atoms with Crippen molar-refractivity contribution >= 4 is 16.9 Å². The fourth-order valence-corrected chi connectivity index (χ4v) is 2.40. The van der Waals surface area contributed by atoms with Crippen LogP contribution in [0.3, 0.4) is 0 Å². The second-order valence-electron chi connectivity index (χ2n) is 4.75. The van der Waals surface area contributed by atoms with E-state index < -0.39 is 5.97 Å². The van der Waals surface area contributed by atoms with Crippen LogP contribution in [0.2, 0.25) is 0 Å². The fourth-order valence-electron chi connectivity index (χ4n) is 2.40. The molecule has 3 aromatic rings. The Kier molecular flexibility index (Phi) is 3.13.